The lowest BCUT2D eigenvalue weighted by atomic mass is 9.99. The van der Waals surface area contributed by atoms with Crippen LogP contribution in [0.1, 0.15) is 0 Å². The molecular weight excluding hydrogens is 263 g/mol. The fraction of sp³-hybridized carbons (Fsp3) is 0.900. The van der Waals surface area contributed by atoms with Crippen molar-refractivity contribution >= 4 is 16.9 Å². The number of nitrogens with zero attached hydrogens (tertiary/aromatic N) is 2. The Labute approximate surface area is 107 Å². The third kappa shape index (κ3) is 1.92. The van der Waals surface area contributed by atoms with Gasteiger partial charge in [-0.2, -0.15) is 0 Å². The van der Waals surface area contributed by atoms with Crippen molar-refractivity contribution in [2.45, 2.75) is 36.0 Å². The van der Waals surface area contributed by atoms with Gasteiger partial charge in [-0.05, 0) is 0 Å². The first-order chi connectivity index (χ1) is 8.60. The minimum atomic E-state index is -1.15. The highest BCUT2D eigenvalue weighted by Gasteiger charge is 2.49. The predicted molar refractivity (Wildman–Crippen MR) is 63.0 cm³/mol. The van der Waals surface area contributed by atoms with Crippen LogP contribution in [-0.4, -0.2) is 81.0 Å². The Bertz CT molecular complexity index is 366. The van der Waals surface area contributed by atoms with Crippen LogP contribution in [0.2, 0.25) is 0 Å². The Morgan fingerprint density at radius 1 is 1.39 bits per heavy atom. The van der Waals surface area contributed by atoms with Gasteiger partial charge in [-0.15, -0.1) is 0 Å². The number of halogens is 1. The van der Waals surface area contributed by atoms with E-state index >= 15 is 0 Å². The Kier molecular flexibility index (Phi) is 3.23. The molecule has 3 N–H and O–H groups in total. The minimum Gasteiger partial charge on any atom is -0.394 e. The van der Waals surface area contributed by atoms with E-state index in [1.165, 1.54) is 11.8 Å². The molecule has 3 aliphatic heterocycles. The standard InChI is InChI=1S/C10H15FN2O4S/c11-4-1-13(2-4)10-12-6-8(16)7(15)5(3-14)17-9(6)18-10/h4-9,14-16H,1-3H2/t5-,6-,7+,8-,9-/m1/s1. The molecular formula is C10H15FN2O4S. The molecule has 18 heavy (non-hydrogen) atoms. The van der Waals surface area contributed by atoms with Crippen molar-refractivity contribution in [3.63, 3.8) is 0 Å². The molecule has 0 spiro atoms. The van der Waals surface area contributed by atoms with Gasteiger partial charge >= 0.3 is 0 Å². The second-order valence-corrected chi connectivity index (χ2v) is 5.79. The van der Waals surface area contributed by atoms with Crippen molar-refractivity contribution in [2.75, 3.05) is 19.7 Å². The molecule has 0 aliphatic carbocycles. The van der Waals surface area contributed by atoms with Crippen LogP contribution in [0.15, 0.2) is 4.99 Å². The van der Waals surface area contributed by atoms with Crippen LogP contribution < -0.4 is 0 Å². The molecule has 3 aliphatic rings. The summed E-state index contributed by atoms with van der Waals surface area (Å²) in [5.41, 5.74) is -0.422. The van der Waals surface area contributed by atoms with Crippen molar-refractivity contribution in [2.24, 2.45) is 4.99 Å². The van der Waals surface area contributed by atoms with E-state index in [9.17, 15) is 14.6 Å². The summed E-state index contributed by atoms with van der Waals surface area (Å²) in [6.45, 7) is 0.272. The number of amidine groups is 1. The zero-order chi connectivity index (χ0) is 12.9. The van der Waals surface area contributed by atoms with E-state index in [2.05, 4.69) is 4.99 Å². The molecule has 0 amide bonds. The number of alkyl halides is 1. The van der Waals surface area contributed by atoms with Gasteiger partial charge in [0.2, 0.25) is 0 Å². The van der Waals surface area contributed by atoms with Crippen LogP contribution in [-0.2, 0) is 4.74 Å². The monoisotopic (exact) mass is 278 g/mol. The molecule has 2 fully saturated rings. The number of hydrogen-bond donors (Lipinski definition) is 3. The number of aliphatic hydroxyl groups excluding tert-OH is 3. The molecule has 0 aromatic heterocycles. The van der Waals surface area contributed by atoms with Crippen LogP contribution in [0, 0.1) is 0 Å². The lowest BCUT2D eigenvalue weighted by Crippen LogP contribution is -2.55. The number of thioether (sulfide) groups is 1. The molecule has 0 aromatic carbocycles. The Hall–Kier alpha value is -0.410. The topological polar surface area (TPSA) is 85.5 Å². The summed E-state index contributed by atoms with van der Waals surface area (Å²) in [6, 6.07) is -0.554. The summed E-state index contributed by atoms with van der Waals surface area (Å²) in [6.07, 6.45) is -3.83. The van der Waals surface area contributed by atoms with Gasteiger partial charge in [-0.3, -0.25) is 4.99 Å². The SMILES string of the molecule is OC[C@H]1O[C@@H]2SC(N3CC(F)C3)=N[C@@H]2[C@@H](O)[C@H]1O. The first-order valence-corrected chi connectivity index (χ1v) is 6.74. The highest BCUT2D eigenvalue weighted by molar-refractivity contribution is 8.14. The van der Waals surface area contributed by atoms with Crippen LogP contribution in [0.4, 0.5) is 4.39 Å². The third-order valence-electron chi connectivity index (χ3n) is 3.44. The third-order valence-corrected chi connectivity index (χ3v) is 4.63. The maximum Gasteiger partial charge on any atom is 0.162 e. The number of likely N-dealkylation sites (tertiary alicyclic amines) is 1. The van der Waals surface area contributed by atoms with Gasteiger partial charge in [-0.1, -0.05) is 11.8 Å². The highest BCUT2D eigenvalue weighted by atomic mass is 32.2. The zero-order valence-electron chi connectivity index (χ0n) is 9.52. The van der Waals surface area contributed by atoms with E-state index in [1.807, 2.05) is 0 Å². The van der Waals surface area contributed by atoms with Gasteiger partial charge in [0.1, 0.15) is 36.0 Å². The van der Waals surface area contributed by atoms with Crippen molar-refractivity contribution in [1.82, 2.24) is 4.90 Å². The quantitative estimate of drug-likeness (QED) is 0.544. The molecule has 0 aromatic rings. The molecule has 2 saturated heterocycles. The lowest BCUT2D eigenvalue weighted by Gasteiger charge is -2.37. The average molecular weight is 278 g/mol. The summed E-state index contributed by atoms with van der Waals surface area (Å²) in [5.74, 6) is 0. The van der Waals surface area contributed by atoms with Crippen molar-refractivity contribution in [3.8, 4) is 0 Å². The average Bonchev–Trinajstić information content (AvgIpc) is 2.73. The van der Waals surface area contributed by atoms with E-state index in [-0.39, 0.29) is 6.61 Å². The number of aliphatic hydroxyl groups is 3. The van der Waals surface area contributed by atoms with E-state index in [4.69, 9.17) is 9.84 Å². The fourth-order valence-electron chi connectivity index (χ4n) is 2.30. The van der Waals surface area contributed by atoms with Crippen molar-refractivity contribution in [1.29, 1.82) is 0 Å². The largest absolute Gasteiger partial charge is 0.394 e. The molecule has 6 nitrogen and oxygen atoms in total. The molecule has 0 radical (unpaired) electrons. The molecule has 102 valence electrons. The highest BCUT2D eigenvalue weighted by Crippen LogP contribution is 2.38. The number of rotatable bonds is 1. The second kappa shape index (κ2) is 4.61. The van der Waals surface area contributed by atoms with Crippen LogP contribution in [0.25, 0.3) is 0 Å². The van der Waals surface area contributed by atoms with E-state index in [0.717, 1.165) is 0 Å². The summed E-state index contributed by atoms with van der Waals surface area (Å²) in [5, 5.41) is 29.4. The summed E-state index contributed by atoms with van der Waals surface area (Å²) in [4.78, 5) is 6.07. The molecule has 3 heterocycles. The first kappa shape index (κ1) is 12.6. The number of fused-ring (bicyclic) bond motifs is 1. The zero-order valence-corrected chi connectivity index (χ0v) is 10.3. The number of ether oxygens (including phenoxy) is 1. The summed E-state index contributed by atoms with van der Waals surface area (Å²) < 4.78 is 18.3. The maximum atomic E-state index is 12.8. The summed E-state index contributed by atoms with van der Waals surface area (Å²) in [7, 11) is 0. The molecule has 0 unspecified atom stereocenters. The Morgan fingerprint density at radius 2 is 2.11 bits per heavy atom. The smallest absolute Gasteiger partial charge is 0.162 e. The van der Waals surface area contributed by atoms with Crippen LogP contribution in [0.5, 0.6) is 0 Å². The Balaban J connectivity index is 1.71. The number of hydrogen-bond acceptors (Lipinski definition) is 7. The normalized spacial score (nSPS) is 44.6. The fourth-order valence-corrected chi connectivity index (χ4v) is 3.55. The molecule has 0 bridgehead atoms. The van der Waals surface area contributed by atoms with E-state index in [1.54, 1.807) is 4.90 Å². The first-order valence-electron chi connectivity index (χ1n) is 5.86. The molecule has 3 rings (SSSR count). The van der Waals surface area contributed by atoms with Gasteiger partial charge in [-0.25, -0.2) is 4.39 Å². The molecule has 0 saturated carbocycles. The van der Waals surface area contributed by atoms with Gasteiger partial charge in [0.25, 0.3) is 0 Å². The molecule has 5 atom stereocenters. The second-order valence-electron chi connectivity index (χ2n) is 4.73. The van der Waals surface area contributed by atoms with Gasteiger partial charge in [0, 0.05) is 0 Å². The van der Waals surface area contributed by atoms with Gasteiger partial charge < -0.3 is 25.0 Å². The van der Waals surface area contributed by atoms with Crippen molar-refractivity contribution < 1.29 is 24.4 Å². The van der Waals surface area contributed by atoms with Crippen LogP contribution >= 0.6 is 11.8 Å². The predicted octanol–water partition coefficient (Wildman–Crippen LogP) is -1.45. The minimum absolute atomic E-state index is 0.313. The van der Waals surface area contributed by atoms with E-state index in [0.29, 0.717) is 18.3 Å². The summed E-state index contributed by atoms with van der Waals surface area (Å²) >= 11 is 1.31. The van der Waals surface area contributed by atoms with Gasteiger partial charge in [0.05, 0.1) is 19.7 Å². The Morgan fingerprint density at radius 3 is 2.72 bits per heavy atom. The van der Waals surface area contributed by atoms with Crippen molar-refractivity contribution in [3.05, 3.63) is 0 Å². The maximum absolute atomic E-state index is 12.8. The van der Waals surface area contributed by atoms with Crippen LogP contribution in [0.3, 0.4) is 0 Å². The molecule has 8 heteroatoms. The lowest BCUT2D eigenvalue weighted by molar-refractivity contribution is -0.164. The van der Waals surface area contributed by atoms with Gasteiger partial charge in [0.15, 0.2) is 5.17 Å². The van der Waals surface area contributed by atoms with E-state index < -0.39 is 36.0 Å². The number of aliphatic imine (C=N–C) groups is 1.